The number of nitrogens with zero attached hydrogens (tertiary/aromatic N) is 1. The Morgan fingerprint density at radius 2 is 2.09 bits per heavy atom. The predicted octanol–water partition coefficient (Wildman–Crippen LogP) is 2.60. The Labute approximate surface area is 134 Å². The number of benzene rings is 1. The summed E-state index contributed by atoms with van der Waals surface area (Å²) in [5, 5.41) is 12.1. The molecule has 6 heteroatoms. The van der Waals surface area contributed by atoms with Gasteiger partial charge in [-0.15, -0.1) is 0 Å². The van der Waals surface area contributed by atoms with Crippen molar-refractivity contribution in [2.75, 3.05) is 18.5 Å². The summed E-state index contributed by atoms with van der Waals surface area (Å²) in [7, 11) is 0. The SMILES string of the molecule is O=C(Nc1cccc(O)c1)c1ccc(OC2CCOCC2)nc1. The van der Waals surface area contributed by atoms with Crippen LogP contribution < -0.4 is 10.1 Å². The van der Waals surface area contributed by atoms with Crippen molar-refractivity contribution in [2.24, 2.45) is 0 Å². The lowest BCUT2D eigenvalue weighted by atomic mass is 10.1. The predicted molar refractivity (Wildman–Crippen MR) is 84.8 cm³/mol. The Morgan fingerprint density at radius 3 is 2.78 bits per heavy atom. The molecule has 1 aromatic carbocycles. The maximum Gasteiger partial charge on any atom is 0.257 e. The quantitative estimate of drug-likeness (QED) is 0.906. The average molecular weight is 314 g/mol. The van der Waals surface area contributed by atoms with Crippen molar-refractivity contribution in [2.45, 2.75) is 18.9 Å². The molecule has 0 bridgehead atoms. The maximum absolute atomic E-state index is 12.1. The number of hydrogen-bond donors (Lipinski definition) is 2. The molecule has 120 valence electrons. The van der Waals surface area contributed by atoms with E-state index in [9.17, 15) is 9.90 Å². The topological polar surface area (TPSA) is 80.7 Å². The fourth-order valence-corrected chi connectivity index (χ4v) is 2.34. The minimum Gasteiger partial charge on any atom is -0.508 e. The lowest BCUT2D eigenvalue weighted by molar-refractivity contribution is 0.0237. The molecule has 23 heavy (non-hydrogen) atoms. The minimum atomic E-state index is -0.291. The Balaban J connectivity index is 1.60. The van der Waals surface area contributed by atoms with E-state index in [2.05, 4.69) is 10.3 Å². The Bertz CT molecular complexity index is 667. The van der Waals surface area contributed by atoms with Crippen LogP contribution in [0.4, 0.5) is 5.69 Å². The van der Waals surface area contributed by atoms with Gasteiger partial charge in [0.1, 0.15) is 11.9 Å². The normalized spacial score (nSPS) is 15.1. The third-order valence-corrected chi connectivity index (χ3v) is 3.56. The van der Waals surface area contributed by atoms with Crippen LogP contribution in [0.2, 0.25) is 0 Å². The van der Waals surface area contributed by atoms with Crippen LogP contribution in [0.25, 0.3) is 0 Å². The first kappa shape index (κ1) is 15.3. The van der Waals surface area contributed by atoms with E-state index in [4.69, 9.17) is 9.47 Å². The van der Waals surface area contributed by atoms with E-state index >= 15 is 0 Å². The number of rotatable bonds is 4. The summed E-state index contributed by atoms with van der Waals surface area (Å²) in [5.41, 5.74) is 0.949. The highest BCUT2D eigenvalue weighted by atomic mass is 16.5. The van der Waals surface area contributed by atoms with Crippen molar-refractivity contribution in [1.29, 1.82) is 0 Å². The highest BCUT2D eigenvalue weighted by Crippen LogP contribution is 2.18. The molecule has 1 aliphatic heterocycles. The van der Waals surface area contributed by atoms with Gasteiger partial charge in [-0.3, -0.25) is 4.79 Å². The number of aromatic hydroxyl groups is 1. The van der Waals surface area contributed by atoms with Crippen molar-refractivity contribution >= 4 is 11.6 Å². The van der Waals surface area contributed by atoms with Crippen LogP contribution >= 0.6 is 0 Å². The molecular formula is C17H18N2O4. The fourth-order valence-electron chi connectivity index (χ4n) is 2.34. The van der Waals surface area contributed by atoms with Gasteiger partial charge >= 0.3 is 0 Å². The van der Waals surface area contributed by atoms with Crippen molar-refractivity contribution in [3.8, 4) is 11.6 Å². The molecule has 1 fully saturated rings. The number of amides is 1. The number of phenolic OH excluding ortho intramolecular Hbond substituents is 1. The van der Waals surface area contributed by atoms with Crippen LogP contribution in [0, 0.1) is 0 Å². The number of phenols is 1. The van der Waals surface area contributed by atoms with Gasteiger partial charge in [-0.2, -0.15) is 0 Å². The van der Waals surface area contributed by atoms with Gasteiger partial charge in [-0.1, -0.05) is 6.07 Å². The summed E-state index contributed by atoms with van der Waals surface area (Å²) >= 11 is 0. The van der Waals surface area contributed by atoms with Crippen molar-refractivity contribution < 1.29 is 19.4 Å². The summed E-state index contributed by atoms with van der Waals surface area (Å²) in [6.07, 6.45) is 3.29. The second-order valence-corrected chi connectivity index (χ2v) is 5.32. The zero-order valence-electron chi connectivity index (χ0n) is 12.6. The van der Waals surface area contributed by atoms with Crippen molar-refractivity contribution in [1.82, 2.24) is 4.98 Å². The number of aromatic nitrogens is 1. The van der Waals surface area contributed by atoms with Gasteiger partial charge in [0.2, 0.25) is 5.88 Å². The number of nitrogens with one attached hydrogen (secondary N) is 1. The first-order valence-corrected chi connectivity index (χ1v) is 7.51. The van der Waals surface area contributed by atoms with Crippen LogP contribution in [-0.4, -0.2) is 35.3 Å². The van der Waals surface area contributed by atoms with Crippen LogP contribution in [0.15, 0.2) is 42.6 Å². The van der Waals surface area contributed by atoms with Crippen LogP contribution in [0.3, 0.4) is 0 Å². The lowest BCUT2D eigenvalue weighted by Gasteiger charge is -2.22. The Morgan fingerprint density at radius 1 is 1.26 bits per heavy atom. The van der Waals surface area contributed by atoms with Gasteiger partial charge in [-0.05, 0) is 18.2 Å². The zero-order valence-corrected chi connectivity index (χ0v) is 12.6. The van der Waals surface area contributed by atoms with Gasteiger partial charge in [0.25, 0.3) is 5.91 Å². The molecule has 2 N–H and O–H groups in total. The molecule has 1 amide bonds. The molecule has 1 aromatic heterocycles. The minimum absolute atomic E-state index is 0.0983. The molecule has 1 saturated heterocycles. The summed E-state index contributed by atoms with van der Waals surface area (Å²) in [6, 6.07) is 9.74. The highest BCUT2D eigenvalue weighted by molar-refractivity contribution is 6.04. The number of carbonyl (C=O) groups is 1. The first-order valence-electron chi connectivity index (χ1n) is 7.51. The molecular weight excluding hydrogens is 296 g/mol. The third kappa shape index (κ3) is 4.20. The van der Waals surface area contributed by atoms with E-state index < -0.39 is 0 Å². The van der Waals surface area contributed by atoms with Gasteiger partial charge in [0.15, 0.2) is 0 Å². The van der Waals surface area contributed by atoms with Gasteiger partial charge in [-0.25, -0.2) is 4.98 Å². The highest BCUT2D eigenvalue weighted by Gasteiger charge is 2.16. The van der Waals surface area contributed by atoms with Crippen LogP contribution in [0.1, 0.15) is 23.2 Å². The smallest absolute Gasteiger partial charge is 0.257 e. The second-order valence-electron chi connectivity index (χ2n) is 5.32. The summed E-state index contributed by atoms with van der Waals surface area (Å²) in [6.45, 7) is 1.41. The monoisotopic (exact) mass is 314 g/mol. The molecule has 0 saturated carbocycles. The third-order valence-electron chi connectivity index (χ3n) is 3.56. The van der Waals surface area contributed by atoms with Gasteiger partial charge in [0, 0.05) is 36.9 Å². The van der Waals surface area contributed by atoms with E-state index in [1.807, 2.05) is 0 Å². The Hall–Kier alpha value is -2.60. The van der Waals surface area contributed by atoms with Crippen molar-refractivity contribution in [3.63, 3.8) is 0 Å². The zero-order chi connectivity index (χ0) is 16.1. The second kappa shape index (κ2) is 7.11. The molecule has 0 atom stereocenters. The molecule has 0 unspecified atom stereocenters. The largest absolute Gasteiger partial charge is 0.508 e. The van der Waals surface area contributed by atoms with E-state index in [0.29, 0.717) is 30.3 Å². The van der Waals surface area contributed by atoms with Gasteiger partial charge < -0.3 is 19.9 Å². The molecule has 0 aliphatic carbocycles. The summed E-state index contributed by atoms with van der Waals surface area (Å²) in [4.78, 5) is 16.3. The van der Waals surface area contributed by atoms with Crippen molar-refractivity contribution in [3.05, 3.63) is 48.2 Å². The van der Waals surface area contributed by atoms with E-state index in [1.165, 1.54) is 12.3 Å². The van der Waals surface area contributed by atoms with Crippen LogP contribution in [0.5, 0.6) is 11.6 Å². The summed E-state index contributed by atoms with van der Waals surface area (Å²) in [5.74, 6) is 0.313. The summed E-state index contributed by atoms with van der Waals surface area (Å²) < 4.78 is 11.0. The molecule has 3 rings (SSSR count). The molecule has 0 spiro atoms. The first-order chi connectivity index (χ1) is 11.2. The number of carbonyl (C=O) groups excluding carboxylic acids is 1. The molecule has 2 aromatic rings. The molecule has 1 aliphatic rings. The number of ether oxygens (including phenoxy) is 2. The molecule has 0 radical (unpaired) electrons. The fraction of sp³-hybridized carbons (Fsp3) is 0.294. The maximum atomic E-state index is 12.1. The standard InChI is InChI=1S/C17H18N2O4/c20-14-3-1-2-13(10-14)19-17(21)12-4-5-16(18-11-12)23-15-6-8-22-9-7-15/h1-5,10-11,15,20H,6-9H2,(H,19,21). The molecule has 2 heterocycles. The number of hydrogen-bond acceptors (Lipinski definition) is 5. The van der Waals surface area contributed by atoms with Crippen LogP contribution in [-0.2, 0) is 4.74 Å². The van der Waals surface area contributed by atoms with Gasteiger partial charge in [0.05, 0.1) is 18.8 Å². The lowest BCUT2D eigenvalue weighted by Crippen LogP contribution is -2.26. The Kier molecular flexibility index (Phi) is 4.73. The molecule has 6 nitrogen and oxygen atoms in total. The number of anilines is 1. The van der Waals surface area contributed by atoms with E-state index in [1.54, 1.807) is 30.3 Å². The van der Waals surface area contributed by atoms with E-state index in [0.717, 1.165) is 12.8 Å². The average Bonchev–Trinajstić information content (AvgIpc) is 2.56. The number of pyridine rings is 1. The van der Waals surface area contributed by atoms with E-state index in [-0.39, 0.29) is 17.8 Å².